The minimum atomic E-state index is -0.00921. The number of carbonyl (C=O) groups is 1. The van der Waals surface area contributed by atoms with Crippen molar-refractivity contribution in [2.24, 2.45) is 0 Å². The second-order valence-electron chi connectivity index (χ2n) is 6.59. The van der Waals surface area contributed by atoms with Gasteiger partial charge in [0.15, 0.2) is 0 Å². The van der Waals surface area contributed by atoms with Crippen LogP contribution in [0.1, 0.15) is 36.5 Å². The minimum absolute atomic E-state index is 0.00921. The van der Waals surface area contributed by atoms with E-state index < -0.39 is 0 Å². The van der Waals surface area contributed by atoms with Crippen LogP contribution in [0.5, 0.6) is 5.75 Å². The van der Waals surface area contributed by atoms with Crippen molar-refractivity contribution < 1.29 is 9.53 Å². The number of carbonyl (C=O) groups excluding carboxylic acids is 1. The Hall–Kier alpha value is -2.33. The third kappa shape index (κ3) is 6.52. The summed E-state index contributed by atoms with van der Waals surface area (Å²) in [6.45, 7) is 7.98. The molecule has 2 N–H and O–H groups in total. The van der Waals surface area contributed by atoms with Gasteiger partial charge in [-0.3, -0.25) is 4.79 Å². The van der Waals surface area contributed by atoms with Gasteiger partial charge in [0.25, 0.3) is 0 Å². The first-order chi connectivity index (χ1) is 12.6. The molecule has 1 amide bonds. The quantitative estimate of drug-likeness (QED) is 0.627. The summed E-state index contributed by atoms with van der Waals surface area (Å²) in [5.41, 5.74) is 4.17. The zero-order valence-corrected chi connectivity index (χ0v) is 16.1. The molecule has 0 spiro atoms. The van der Waals surface area contributed by atoms with Crippen LogP contribution in [-0.2, 0) is 11.2 Å². The van der Waals surface area contributed by atoms with Crippen molar-refractivity contribution in [1.82, 2.24) is 5.32 Å². The second kappa shape index (κ2) is 10.6. The molecule has 0 fully saturated rings. The fourth-order valence-electron chi connectivity index (χ4n) is 2.82. The van der Waals surface area contributed by atoms with Gasteiger partial charge in [0.2, 0.25) is 5.91 Å². The van der Waals surface area contributed by atoms with Gasteiger partial charge in [0.1, 0.15) is 5.75 Å². The highest BCUT2D eigenvalue weighted by Crippen LogP contribution is 2.26. The Bertz CT molecular complexity index is 676. The van der Waals surface area contributed by atoms with Crippen LogP contribution in [0.2, 0.25) is 0 Å². The van der Waals surface area contributed by atoms with Gasteiger partial charge in [-0.05, 0) is 55.6 Å². The molecule has 140 valence electrons. The van der Waals surface area contributed by atoms with Crippen LogP contribution in [0.4, 0.5) is 5.69 Å². The molecule has 0 aromatic heterocycles. The molecule has 2 rings (SSSR count). The van der Waals surface area contributed by atoms with Crippen molar-refractivity contribution in [3.63, 3.8) is 0 Å². The van der Waals surface area contributed by atoms with Crippen LogP contribution in [0.15, 0.2) is 42.5 Å². The fraction of sp³-hybridized carbons (Fsp3) is 0.409. The lowest BCUT2D eigenvalue weighted by Gasteiger charge is -2.15. The van der Waals surface area contributed by atoms with Crippen molar-refractivity contribution in [2.75, 3.05) is 25.0 Å². The highest BCUT2D eigenvalue weighted by molar-refractivity contribution is 5.93. The molecule has 2 aromatic carbocycles. The topological polar surface area (TPSA) is 50.4 Å². The molecule has 4 nitrogen and oxygen atoms in total. The Kier molecular flexibility index (Phi) is 8.16. The van der Waals surface area contributed by atoms with E-state index in [1.807, 2.05) is 44.2 Å². The van der Waals surface area contributed by atoms with E-state index in [0.717, 1.165) is 48.4 Å². The Balaban J connectivity index is 1.87. The maximum Gasteiger partial charge on any atom is 0.238 e. The molecule has 26 heavy (non-hydrogen) atoms. The van der Waals surface area contributed by atoms with Crippen molar-refractivity contribution in [2.45, 2.75) is 40.0 Å². The summed E-state index contributed by atoms with van der Waals surface area (Å²) in [5, 5.41) is 6.17. The summed E-state index contributed by atoms with van der Waals surface area (Å²) in [4.78, 5) is 12.1. The lowest BCUT2D eigenvalue weighted by Crippen LogP contribution is -2.29. The number of aryl methyl sites for hydroxylation is 2. The molecule has 0 heterocycles. The summed E-state index contributed by atoms with van der Waals surface area (Å²) >= 11 is 0. The van der Waals surface area contributed by atoms with Crippen LogP contribution in [0.3, 0.4) is 0 Å². The van der Waals surface area contributed by atoms with Gasteiger partial charge in [-0.25, -0.2) is 0 Å². The highest BCUT2D eigenvalue weighted by atomic mass is 16.5. The van der Waals surface area contributed by atoms with Crippen molar-refractivity contribution in [1.29, 1.82) is 0 Å². The zero-order valence-electron chi connectivity index (χ0n) is 16.1. The van der Waals surface area contributed by atoms with Gasteiger partial charge in [-0.1, -0.05) is 43.7 Å². The molecule has 2 aromatic rings. The van der Waals surface area contributed by atoms with Crippen molar-refractivity contribution >= 4 is 11.6 Å². The molecule has 0 bridgehead atoms. The van der Waals surface area contributed by atoms with Crippen LogP contribution >= 0.6 is 0 Å². The first-order valence-corrected chi connectivity index (χ1v) is 9.38. The summed E-state index contributed by atoms with van der Waals surface area (Å²) in [7, 11) is 0. The minimum Gasteiger partial charge on any atom is -0.493 e. The van der Waals surface area contributed by atoms with Crippen molar-refractivity contribution in [3.8, 4) is 5.75 Å². The monoisotopic (exact) mass is 354 g/mol. The largest absolute Gasteiger partial charge is 0.493 e. The number of nitrogens with one attached hydrogen (secondary N) is 2. The lowest BCUT2D eigenvalue weighted by atomic mass is 10.1. The van der Waals surface area contributed by atoms with Crippen LogP contribution in [0, 0.1) is 13.8 Å². The van der Waals surface area contributed by atoms with Crippen molar-refractivity contribution in [3.05, 3.63) is 59.2 Å². The first-order valence-electron chi connectivity index (χ1n) is 9.38. The standard InChI is InChI=1S/C22H30N2O2/c1-4-5-12-23-16-21(25)24-22-17(2)14-20(15-18(22)3)26-13-11-19-9-7-6-8-10-19/h6-10,14-15,23H,4-5,11-13,16H2,1-3H3,(H,24,25). The number of benzene rings is 2. The molecular weight excluding hydrogens is 324 g/mol. The first kappa shape index (κ1) is 20.0. The number of hydrogen-bond acceptors (Lipinski definition) is 3. The maximum atomic E-state index is 12.1. The van der Waals surface area contributed by atoms with Gasteiger partial charge in [-0.15, -0.1) is 0 Å². The van der Waals surface area contributed by atoms with E-state index in [2.05, 4.69) is 29.7 Å². The molecule has 0 aliphatic carbocycles. The van der Waals surface area contributed by atoms with Crippen LogP contribution in [-0.4, -0.2) is 25.6 Å². The van der Waals surface area contributed by atoms with Crippen LogP contribution in [0.25, 0.3) is 0 Å². The highest BCUT2D eigenvalue weighted by Gasteiger charge is 2.09. The van der Waals surface area contributed by atoms with E-state index in [1.54, 1.807) is 0 Å². The molecule has 0 aliphatic rings. The van der Waals surface area contributed by atoms with E-state index in [1.165, 1.54) is 5.56 Å². The second-order valence-corrected chi connectivity index (χ2v) is 6.59. The SMILES string of the molecule is CCCCNCC(=O)Nc1c(C)cc(OCCc2ccccc2)cc1C. The van der Waals surface area contributed by atoms with Gasteiger partial charge in [-0.2, -0.15) is 0 Å². The van der Waals surface area contributed by atoms with E-state index in [4.69, 9.17) is 4.74 Å². The Morgan fingerprint density at radius 1 is 1.08 bits per heavy atom. The third-order valence-electron chi connectivity index (χ3n) is 4.27. The Labute approximate surface area is 157 Å². The number of anilines is 1. The molecule has 4 heteroatoms. The van der Waals surface area contributed by atoms with Crippen LogP contribution < -0.4 is 15.4 Å². The van der Waals surface area contributed by atoms with E-state index in [9.17, 15) is 4.79 Å². The average molecular weight is 354 g/mol. The van der Waals surface area contributed by atoms with Gasteiger partial charge in [0, 0.05) is 12.1 Å². The summed E-state index contributed by atoms with van der Waals surface area (Å²) in [6.07, 6.45) is 3.08. The summed E-state index contributed by atoms with van der Waals surface area (Å²) < 4.78 is 5.90. The molecule has 0 saturated heterocycles. The maximum absolute atomic E-state index is 12.1. The number of rotatable bonds is 10. The number of amides is 1. The molecule has 0 radical (unpaired) electrons. The fourth-order valence-corrected chi connectivity index (χ4v) is 2.82. The average Bonchev–Trinajstić information content (AvgIpc) is 2.63. The predicted octanol–water partition coefficient (Wildman–Crippen LogP) is 4.25. The normalized spacial score (nSPS) is 10.6. The smallest absolute Gasteiger partial charge is 0.238 e. The Morgan fingerprint density at radius 3 is 2.42 bits per heavy atom. The number of unbranched alkanes of at least 4 members (excludes halogenated alkanes) is 1. The number of hydrogen-bond donors (Lipinski definition) is 2. The summed E-state index contributed by atoms with van der Waals surface area (Å²) in [5.74, 6) is 0.833. The summed E-state index contributed by atoms with van der Waals surface area (Å²) in [6, 6.07) is 14.3. The molecule has 0 atom stereocenters. The molecule has 0 aliphatic heterocycles. The molecule has 0 unspecified atom stereocenters. The van der Waals surface area contributed by atoms with E-state index in [-0.39, 0.29) is 5.91 Å². The van der Waals surface area contributed by atoms with Gasteiger partial charge < -0.3 is 15.4 Å². The number of ether oxygens (including phenoxy) is 1. The van der Waals surface area contributed by atoms with Gasteiger partial charge in [0.05, 0.1) is 13.2 Å². The Morgan fingerprint density at radius 2 is 1.77 bits per heavy atom. The zero-order chi connectivity index (χ0) is 18.8. The third-order valence-corrected chi connectivity index (χ3v) is 4.27. The lowest BCUT2D eigenvalue weighted by molar-refractivity contribution is -0.115. The van der Waals surface area contributed by atoms with Gasteiger partial charge >= 0.3 is 0 Å². The molecule has 0 saturated carbocycles. The predicted molar refractivity (Wildman–Crippen MR) is 108 cm³/mol. The van der Waals surface area contributed by atoms with E-state index in [0.29, 0.717) is 13.2 Å². The molecular formula is C22H30N2O2. The van der Waals surface area contributed by atoms with E-state index >= 15 is 0 Å².